The summed E-state index contributed by atoms with van der Waals surface area (Å²) in [4.78, 5) is 26.0. The first-order valence-electron chi connectivity index (χ1n) is 8.75. The number of amides is 2. The predicted molar refractivity (Wildman–Crippen MR) is 108 cm³/mol. The molecule has 0 atom stereocenters. The van der Waals surface area contributed by atoms with Gasteiger partial charge in [-0.2, -0.15) is 0 Å². The molecule has 0 aliphatic carbocycles. The van der Waals surface area contributed by atoms with E-state index in [1.807, 2.05) is 37.3 Å². The van der Waals surface area contributed by atoms with Gasteiger partial charge in [0.2, 0.25) is 0 Å². The van der Waals surface area contributed by atoms with Crippen LogP contribution in [0.4, 0.5) is 5.00 Å². The molecule has 7 heteroatoms. The maximum atomic E-state index is 12.9. The summed E-state index contributed by atoms with van der Waals surface area (Å²) in [5.41, 5.74) is 7.93. The van der Waals surface area contributed by atoms with Gasteiger partial charge in [0.15, 0.2) is 11.5 Å². The molecule has 1 aliphatic rings. The van der Waals surface area contributed by atoms with Crippen LogP contribution < -0.4 is 20.5 Å². The van der Waals surface area contributed by atoms with Crippen LogP contribution in [0.1, 0.15) is 25.6 Å². The molecule has 28 heavy (non-hydrogen) atoms. The van der Waals surface area contributed by atoms with Gasteiger partial charge in [0.05, 0.1) is 11.1 Å². The second-order valence-corrected chi connectivity index (χ2v) is 7.48. The van der Waals surface area contributed by atoms with Gasteiger partial charge in [0.1, 0.15) is 18.2 Å². The number of nitrogens with one attached hydrogen (secondary N) is 1. The van der Waals surface area contributed by atoms with Crippen molar-refractivity contribution in [2.24, 2.45) is 5.73 Å². The highest BCUT2D eigenvalue weighted by Crippen LogP contribution is 2.40. The molecular weight excluding hydrogens is 376 g/mol. The average Bonchev–Trinajstić information content (AvgIpc) is 3.04. The van der Waals surface area contributed by atoms with E-state index >= 15 is 0 Å². The Morgan fingerprint density at radius 2 is 1.79 bits per heavy atom. The molecule has 3 N–H and O–H groups in total. The van der Waals surface area contributed by atoms with Crippen molar-refractivity contribution in [1.29, 1.82) is 0 Å². The van der Waals surface area contributed by atoms with E-state index in [1.165, 1.54) is 11.3 Å². The number of hydrogen-bond acceptors (Lipinski definition) is 5. The van der Waals surface area contributed by atoms with Gasteiger partial charge in [-0.25, -0.2) is 0 Å². The number of hydrogen-bond donors (Lipinski definition) is 2. The van der Waals surface area contributed by atoms with E-state index in [2.05, 4.69) is 5.32 Å². The molecule has 2 heterocycles. The van der Waals surface area contributed by atoms with Crippen LogP contribution in [-0.2, 0) is 0 Å². The lowest BCUT2D eigenvalue weighted by molar-refractivity contribution is 0.100. The van der Waals surface area contributed by atoms with Crippen LogP contribution >= 0.6 is 11.3 Å². The smallest absolute Gasteiger partial charge is 0.260 e. The molecule has 4 rings (SSSR count). The minimum Gasteiger partial charge on any atom is -0.486 e. The van der Waals surface area contributed by atoms with Crippen molar-refractivity contribution >= 4 is 28.2 Å². The van der Waals surface area contributed by atoms with Crippen LogP contribution in [0.15, 0.2) is 48.5 Å². The van der Waals surface area contributed by atoms with Crippen molar-refractivity contribution in [2.45, 2.75) is 6.92 Å². The third kappa shape index (κ3) is 3.20. The van der Waals surface area contributed by atoms with Crippen molar-refractivity contribution in [3.63, 3.8) is 0 Å². The summed E-state index contributed by atoms with van der Waals surface area (Å²) in [5.74, 6) is -0.0383. The Morgan fingerprint density at radius 1 is 1.04 bits per heavy atom. The highest BCUT2D eigenvalue weighted by Gasteiger charge is 2.25. The van der Waals surface area contributed by atoms with Crippen LogP contribution in [0.5, 0.6) is 11.5 Å². The number of nitrogens with two attached hydrogens (primary N) is 1. The molecule has 0 spiro atoms. The molecule has 0 fully saturated rings. The Morgan fingerprint density at radius 3 is 2.54 bits per heavy atom. The van der Waals surface area contributed by atoms with Gasteiger partial charge < -0.3 is 20.5 Å². The molecule has 1 aliphatic heterocycles. The highest BCUT2D eigenvalue weighted by molar-refractivity contribution is 7.17. The van der Waals surface area contributed by atoms with E-state index in [0.29, 0.717) is 40.8 Å². The zero-order chi connectivity index (χ0) is 19.7. The molecule has 2 aromatic carbocycles. The molecule has 0 saturated heterocycles. The zero-order valence-corrected chi connectivity index (χ0v) is 16.0. The van der Waals surface area contributed by atoms with Crippen LogP contribution in [0.25, 0.3) is 11.1 Å². The molecule has 0 unspecified atom stereocenters. The number of rotatable bonds is 4. The van der Waals surface area contributed by atoms with E-state index in [1.54, 1.807) is 18.2 Å². The Hall–Kier alpha value is -3.32. The fourth-order valence-electron chi connectivity index (χ4n) is 3.24. The number of anilines is 1. The number of thiophene rings is 1. The molecule has 0 radical (unpaired) electrons. The Kier molecular flexibility index (Phi) is 4.75. The first-order chi connectivity index (χ1) is 13.6. The van der Waals surface area contributed by atoms with Crippen molar-refractivity contribution in [2.75, 3.05) is 18.5 Å². The summed E-state index contributed by atoms with van der Waals surface area (Å²) in [6.45, 7) is 2.71. The fraction of sp³-hybridized carbons (Fsp3) is 0.143. The number of carbonyl (C=O) groups excluding carboxylic acids is 2. The standard InChI is InChI=1S/C21H18N2O4S/c1-12-16(13-6-3-2-4-7-13)17(19(22)24)21(28-12)23-20(25)14-8-5-9-15-18(14)27-11-10-26-15/h2-9H,10-11H2,1H3,(H2,22,24)(H,23,25). The predicted octanol–water partition coefficient (Wildman–Crippen LogP) is 3.85. The van der Waals surface area contributed by atoms with E-state index < -0.39 is 5.91 Å². The van der Waals surface area contributed by atoms with E-state index in [4.69, 9.17) is 15.2 Å². The summed E-state index contributed by atoms with van der Waals surface area (Å²) in [5, 5.41) is 3.25. The largest absolute Gasteiger partial charge is 0.486 e. The van der Waals surface area contributed by atoms with E-state index in [-0.39, 0.29) is 5.91 Å². The molecule has 1 aromatic heterocycles. The van der Waals surface area contributed by atoms with Gasteiger partial charge >= 0.3 is 0 Å². The monoisotopic (exact) mass is 394 g/mol. The maximum Gasteiger partial charge on any atom is 0.260 e. The van der Waals surface area contributed by atoms with Gasteiger partial charge in [-0.05, 0) is 24.6 Å². The molecule has 0 saturated carbocycles. The number of fused-ring (bicyclic) bond motifs is 1. The second kappa shape index (κ2) is 7.36. The van der Waals surface area contributed by atoms with Crippen molar-refractivity contribution in [3.05, 3.63) is 64.5 Å². The van der Waals surface area contributed by atoms with Gasteiger partial charge in [0.25, 0.3) is 11.8 Å². The second-order valence-electron chi connectivity index (χ2n) is 6.25. The first kappa shape index (κ1) is 18.1. The van der Waals surface area contributed by atoms with E-state index in [0.717, 1.165) is 16.0 Å². The van der Waals surface area contributed by atoms with Crippen molar-refractivity contribution in [1.82, 2.24) is 0 Å². The minimum absolute atomic E-state index is 0.309. The van der Waals surface area contributed by atoms with Crippen LogP contribution in [0, 0.1) is 6.92 Å². The number of carbonyl (C=O) groups is 2. The number of primary amides is 1. The maximum absolute atomic E-state index is 12.9. The zero-order valence-electron chi connectivity index (χ0n) is 15.2. The molecular formula is C21H18N2O4S. The van der Waals surface area contributed by atoms with Gasteiger partial charge in [0, 0.05) is 10.4 Å². The lowest BCUT2D eigenvalue weighted by atomic mass is 10.0. The molecule has 0 bridgehead atoms. The van der Waals surface area contributed by atoms with Crippen LogP contribution in [-0.4, -0.2) is 25.0 Å². The minimum atomic E-state index is -0.590. The third-order valence-corrected chi connectivity index (χ3v) is 5.45. The quantitative estimate of drug-likeness (QED) is 0.703. The summed E-state index contributed by atoms with van der Waals surface area (Å²) in [7, 11) is 0. The normalized spacial score (nSPS) is 12.5. The van der Waals surface area contributed by atoms with Crippen LogP contribution in [0.3, 0.4) is 0 Å². The van der Waals surface area contributed by atoms with Gasteiger partial charge in [-0.15, -0.1) is 11.3 Å². The molecule has 6 nitrogen and oxygen atoms in total. The van der Waals surface area contributed by atoms with Crippen molar-refractivity contribution in [3.8, 4) is 22.6 Å². The molecule has 2 amide bonds. The number of benzene rings is 2. The summed E-state index contributed by atoms with van der Waals surface area (Å²) < 4.78 is 11.1. The lowest BCUT2D eigenvalue weighted by Crippen LogP contribution is -2.21. The van der Waals surface area contributed by atoms with E-state index in [9.17, 15) is 9.59 Å². The summed E-state index contributed by atoms with van der Waals surface area (Å²) in [6, 6.07) is 14.6. The number of aryl methyl sites for hydroxylation is 1. The topological polar surface area (TPSA) is 90.7 Å². The Balaban J connectivity index is 1.73. The molecule has 3 aromatic rings. The Labute approximate surface area is 165 Å². The fourth-order valence-corrected chi connectivity index (χ4v) is 4.32. The average molecular weight is 394 g/mol. The van der Waals surface area contributed by atoms with Crippen molar-refractivity contribution < 1.29 is 19.1 Å². The molecule has 142 valence electrons. The number of para-hydroxylation sites is 1. The lowest BCUT2D eigenvalue weighted by Gasteiger charge is -2.20. The first-order valence-corrected chi connectivity index (χ1v) is 9.56. The number of ether oxygens (including phenoxy) is 2. The summed E-state index contributed by atoms with van der Waals surface area (Å²) in [6.07, 6.45) is 0. The van der Waals surface area contributed by atoms with Gasteiger partial charge in [-0.1, -0.05) is 36.4 Å². The highest BCUT2D eigenvalue weighted by atomic mass is 32.1. The third-order valence-electron chi connectivity index (χ3n) is 4.43. The SMILES string of the molecule is Cc1sc(NC(=O)c2cccc3c2OCCO3)c(C(N)=O)c1-c1ccccc1. The van der Waals surface area contributed by atoms with Gasteiger partial charge in [-0.3, -0.25) is 9.59 Å². The Bertz CT molecular complexity index is 1060. The summed E-state index contributed by atoms with van der Waals surface area (Å²) >= 11 is 1.32. The van der Waals surface area contributed by atoms with Crippen LogP contribution in [0.2, 0.25) is 0 Å².